The van der Waals surface area contributed by atoms with E-state index in [0.717, 1.165) is 27.7 Å². The van der Waals surface area contributed by atoms with Crippen molar-refractivity contribution in [2.75, 3.05) is 12.4 Å². The fourth-order valence-electron chi connectivity index (χ4n) is 2.88. The van der Waals surface area contributed by atoms with E-state index in [2.05, 4.69) is 5.32 Å². The number of halogens is 2. The number of amides is 1. The monoisotopic (exact) mass is 377 g/mol. The van der Waals surface area contributed by atoms with Crippen LogP contribution < -0.4 is 10.1 Å². The van der Waals surface area contributed by atoms with Gasteiger partial charge in [-0.1, -0.05) is 23.2 Å². The number of fused-ring (bicyclic) bond motifs is 1. The Morgan fingerprint density at radius 3 is 2.72 bits per heavy atom. The van der Waals surface area contributed by atoms with Gasteiger partial charge in [-0.2, -0.15) is 0 Å². The minimum atomic E-state index is -0.195. The van der Waals surface area contributed by atoms with Crippen LogP contribution in [0.15, 0.2) is 34.9 Å². The zero-order valence-electron chi connectivity index (χ0n) is 14.1. The molecule has 0 bridgehead atoms. The maximum atomic E-state index is 12.5. The van der Waals surface area contributed by atoms with Crippen LogP contribution in [0.1, 0.15) is 16.7 Å². The van der Waals surface area contributed by atoms with Crippen molar-refractivity contribution < 1.29 is 13.9 Å². The summed E-state index contributed by atoms with van der Waals surface area (Å²) in [6.45, 7) is 3.85. The number of anilines is 1. The Morgan fingerprint density at radius 2 is 2.00 bits per heavy atom. The van der Waals surface area contributed by atoms with Gasteiger partial charge in [-0.15, -0.1) is 0 Å². The number of aryl methyl sites for hydroxylation is 2. The Bertz CT molecular complexity index is 963. The van der Waals surface area contributed by atoms with E-state index >= 15 is 0 Å². The highest BCUT2D eigenvalue weighted by molar-refractivity contribution is 6.33. The molecule has 1 amide bonds. The lowest BCUT2D eigenvalue weighted by Crippen LogP contribution is -2.15. The maximum Gasteiger partial charge on any atom is 0.229 e. The van der Waals surface area contributed by atoms with Crippen molar-refractivity contribution in [2.24, 2.45) is 0 Å². The fraction of sp³-hybridized carbons (Fsp3) is 0.211. The van der Waals surface area contributed by atoms with E-state index in [9.17, 15) is 4.79 Å². The first kappa shape index (κ1) is 17.6. The summed E-state index contributed by atoms with van der Waals surface area (Å²) in [5.41, 5.74) is 3.89. The van der Waals surface area contributed by atoms with Crippen LogP contribution in [0, 0.1) is 13.8 Å². The van der Waals surface area contributed by atoms with Gasteiger partial charge in [0, 0.05) is 21.0 Å². The number of nitrogens with one attached hydrogen (secondary N) is 1. The Balaban J connectivity index is 1.88. The second-order valence-electron chi connectivity index (χ2n) is 5.84. The minimum absolute atomic E-state index is 0.156. The van der Waals surface area contributed by atoms with E-state index in [1.54, 1.807) is 24.5 Å². The summed E-state index contributed by atoms with van der Waals surface area (Å²) in [7, 11) is 1.54. The first-order chi connectivity index (χ1) is 11.9. The second-order valence-corrected chi connectivity index (χ2v) is 6.65. The van der Waals surface area contributed by atoms with Crippen molar-refractivity contribution >= 4 is 45.8 Å². The third kappa shape index (κ3) is 3.46. The number of hydrogen-bond donors (Lipinski definition) is 1. The Labute approximate surface area is 155 Å². The summed E-state index contributed by atoms with van der Waals surface area (Å²) in [5, 5.41) is 4.91. The fourth-order valence-corrected chi connectivity index (χ4v) is 3.20. The van der Waals surface area contributed by atoms with E-state index in [0.29, 0.717) is 21.5 Å². The van der Waals surface area contributed by atoms with Gasteiger partial charge in [-0.05, 0) is 49.2 Å². The zero-order valence-corrected chi connectivity index (χ0v) is 15.6. The lowest BCUT2D eigenvalue weighted by molar-refractivity contribution is -0.115. The van der Waals surface area contributed by atoms with Gasteiger partial charge in [-0.3, -0.25) is 4.79 Å². The van der Waals surface area contributed by atoms with E-state index < -0.39 is 0 Å². The molecule has 0 radical (unpaired) electrons. The summed E-state index contributed by atoms with van der Waals surface area (Å²) in [6.07, 6.45) is 1.76. The van der Waals surface area contributed by atoms with Crippen LogP contribution >= 0.6 is 23.2 Å². The molecule has 3 rings (SSSR count). The van der Waals surface area contributed by atoms with Crippen molar-refractivity contribution in [3.05, 3.63) is 57.3 Å². The normalized spacial score (nSPS) is 10.9. The van der Waals surface area contributed by atoms with Gasteiger partial charge in [0.05, 0.1) is 25.5 Å². The molecule has 0 unspecified atom stereocenters. The zero-order chi connectivity index (χ0) is 18.1. The molecule has 0 saturated heterocycles. The minimum Gasteiger partial charge on any atom is -0.495 e. The summed E-state index contributed by atoms with van der Waals surface area (Å²) < 4.78 is 10.8. The van der Waals surface area contributed by atoms with Gasteiger partial charge in [0.2, 0.25) is 5.91 Å². The predicted octanol–water partition coefficient (Wildman–Crippen LogP) is 5.55. The topological polar surface area (TPSA) is 51.5 Å². The lowest BCUT2D eigenvalue weighted by atomic mass is 10.0. The molecule has 1 aromatic heterocycles. The molecule has 1 N–H and O–H groups in total. The smallest absolute Gasteiger partial charge is 0.229 e. The molecule has 130 valence electrons. The lowest BCUT2D eigenvalue weighted by Gasteiger charge is -2.10. The highest BCUT2D eigenvalue weighted by atomic mass is 35.5. The maximum absolute atomic E-state index is 12.5. The SMILES string of the molecule is COc1ccc(Cl)cc1NC(=O)Cc1coc2cc(C)c(Cl)c(C)c12. The Morgan fingerprint density at radius 1 is 1.24 bits per heavy atom. The van der Waals surface area contributed by atoms with Gasteiger partial charge >= 0.3 is 0 Å². The van der Waals surface area contributed by atoms with Crippen LogP contribution in [0.2, 0.25) is 10.0 Å². The second kappa shape index (κ2) is 6.98. The van der Waals surface area contributed by atoms with Gasteiger partial charge in [-0.25, -0.2) is 0 Å². The summed E-state index contributed by atoms with van der Waals surface area (Å²) in [6, 6.07) is 6.94. The molecule has 3 aromatic rings. The molecule has 0 spiro atoms. The molecule has 2 aromatic carbocycles. The molecule has 0 saturated carbocycles. The number of rotatable bonds is 4. The first-order valence-corrected chi connectivity index (χ1v) is 8.45. The predicted molar refractivity (Wildman–Crippen MR) is 101 cm³/mol. The number of carbonyl (C=O) groups is 1. The largest absolute Gasteiger partial charge is 0.495 e. The number of benzene rings is 2. The highest BCUT2D eigenvalue weighted by Gasteiger charge is 2.16. The summed E-state index contributed by atoms with van der Waals surface area (Å²) in [5.74, 6) is 0.351. The average Bonchev–Trinajstić information content (AvgIpc) is 2.95. The van der Waals surface area contributed by atoms with Crippen molar-refractivity contribution in [1.82, 2.24) is 0 Å². The Hall–Kier alpha value is -2.17. The molecule has 0 aliphatic rings. The molecule has 0 atom stereocenters. The average molecular weight is 378 g/mol. The van der Waals surface area contributed by atoms with E-state index in [1.807, 2.05) is 19.9 Å². The van der Waals surface area contributed by atoms with Crippen LogP contribution in [-0.2, 0) is 11.2 Å². The number of carbonyl (C=O) groups excluding carboxylic acids is 1. The molecule has 0 aliphatic carbocycles. The molecule has 0 fully saturated rings. The molecule has 1 heterocycles. The Kier molecular flexibility index (Phi) is 4.93. The third-order valence-corrected chi connectivity index (χ3v) is 4.90. The van der Waals surface area contributed by atoms with Gasteiger partial charge in [0.1, 0.15) is 11.3 Å². The van der Waals surface area contributed by atoms with Crippen LogP contribution in [0.5, 0.6) is 5.75 Å². The van der Waals surface area contributed by atoms with Gasteiger partial charge < -0.3 is 14.5 Å². The van der Waals surface area contributed by atoms with Crippen molar-refractivity contribution in [3.8, 4) is 5.75 Å². The van der Waals surface area contributed by atoms with Crippen molar-refractivity contribution in [1.29, 1.82) is 0 Å². The van der Waals surface area contributed by atoms with Crippen LogP contribution in [0.3, 0.4) is 0 Å². The number of methoxy groups -OCH3 is 1. The number of ether oxygens (including phenoxy) is 1. The first-order valence-electron chi connectivity index (χ1n) is 7.70. The highest BCUT2D eigenvalue weighted by Crippen LogP contribution is 2.33. The third-order valence-electron chi connectivity index (χ3n) is 4.08. The van der Waals surface area contributed by atoms with E-state index in [1.165, 1.54) is 7.11 Å². The molecule has 25 heavy (non-hydrogen) atoms. The van der Waals surface area contributed by atoms with E-state index in [4.69, 9.17) is 32.4 Å². The standard InChI is InChI=1S/C19H17Cl2NO3/c1-10-6-16-18(11(2)19(10)21)12(9-25-16)7-17(23)22-14-8-13(20)4-5-15(14)24-3/h4-6,8-9H,7H2,1-3H3,(H,22,23). The quantitative estimate of drug-likeness (QED) is 0.648. The van der Waals surface area contributed by atoms with E-state index in [-0.39, 0.29) is 12.3 Å². The summed E-state index contributed by atoms with van der Waals surface area (Å²) >= 11 is 12.3. The van der Waals surface area contributed by atoms with Crippen LogP contribution in [0.25, 0.3) is 11.0 Å². The molecule has 6 heteroatoms. The number of hydrogen-bond acceptors (Lipinski definition) is 3. The number of furan rings is 1. The molecular formula is C19H17Cl2NO3. The van der Waals surface area contributed by atoms with Crippen molar-refractivity contribution in [2.45, 2.75) is 20.3 Å². The van der Waals surface area contributed by atoms with Crippen LogP contribution in [0.4, 0.5) is 5.69 Å². The molecule has 4 nitrogen and oxygen atoms in total. The van der Waals surface area contributed by atoms with Gasteiger partial charge in [0.15, 0.2) is 0 Å². The summed E-state index contributed by atoms with van der Waals surface area (Å²) in [4.78, 5) is 12.5. The van der Waals surface area contributed by atoms with Gasteiger partial charge in [0.25, 0.3) is 0 Å². The molecular weight excluding hydrogens is 361 g/mol. The molecule has 0 aliphatic heterocycles. The van der Waals surface area contributed by atoms with Crippen LogP contribution in [-0.4, -0.2) is 13.0 Å². The van der Waals surface area contributed by atoms with Crippen molar-refractivity contribution in [3.63, 3.8) is 0 Å².